The van der Waals surface area contributed by atoms with Gasteiger partial charge in [-0.15, -0.1) is 11.3 Å². The van der Waals surface area contributed by atoms with Gasteiger partial charge in [0, 0.05) is 23.0 Å². The van der Waals surface area contributed by atoms with Crippen molar-refractivity contribution in [1.29, 1.82) is 10.7 Å². The van der Waals surface area contributed by atoms with Crippen molar-refractivity contribution in [1.82, 2.24) is 4.98 Å². The van der Waals surface area contributed by atoms with E-state index in [0.29, 0.717) is 0 Å². The van der Waals surface area contributed by atoms with Crippen LogP contribution in [0, 0.1) is 28.1 Å². The Morgan fingerprint density at radius 2 is 1.76 bits per heavy atom. The van der Waals surface area contributed by atoms with Gasteiger partial charge in [0.25, 0.3) is 10.0 Å². The first-order valence-corrected chi connectivity index (χ1v) is 11.2. The highest BCUT2D eigenvalue weighted by atomic mass is 32.2. The van der Waals surface area contributed by atoms with Gasteiger partial charge in [-0.25, -0.2) is 13.4 Å². The van der Waals surface area contributed by atoms with Gasteiger partial charge in [-0.2, -0.15) is 31.6 Å². The molecule has 0 bridgehead atoms. The number of thiazole rings is 1. The van der Waals surface area contributed by atoms with Gasteiger partial charge in [-0.05, 0) is 37.3 Å². The average Bonchev–Trinajstić information content (AvgIpc) is 3.18. The van der Waals surface area contributed by atoms with Gasteiger partial charge in [0.2, 0.25) is 5.41 Å². The maximum Gasteiger partial charge on any atom is 0.408 e. The number of anilines is 2. The molecular weight excluding hydrogens is 496 g/mol. The van der Waals surface area contributed by atoms with Crippen molar-refractivity contribution in [3.05, 3.63) is 47.6 Å². The van der Waals surface area contributed by atoms with Crippen LogP contribution < -0.4 is 9.62 Å². The average molecular weight is 509 g/mol. The molecule has 0 radical (unpaired) electrons. The van der Waals surface area contributed by atoms with Gasteiger partial charge in [0.05, 0.1) is 11.0 Å². The number of allylic oxidation sites excluding steroid dienone is 2. The molecule has 33 heavy (non-hydrogen) atoms. The molecule has 0 saturated carbocycles. The Kier molecular flexibility index (Phi) is 5.97. The highest BCUT2D eigenvalue weighted by Crippen LogP contribution is 2.58. The van der Waals surface area contributed by atoms with E-state index >= 15 is 0 Å². The van der Waals surface area contributed by atoms with Crippen LogP contribution in [0.4, 0.5) is 37.2 Å². The first-order valence-electron chi connectivity index (χ1n) is 8.79. The molecule has 1 aromatic heterocycles. The predicted molar refractivity (Wildman–Crippen MR) is 107 cm³/mol. The number of nitrogens with one attached hydrogen (secondary N) is 2. The number of rotatable bonds is 4. The van der Waals surface area contributed by atoms with E-state index in [2.05, 4.69) is 9.71 Å². The van der Waals surface area contributed by atoms with Crippen LogP contribution >= 0.6 is 11.3 Å². The first-order chi connectivity index (χ1) is 15.2. The minimum Gasteiger partial charge on any atom is -0.302 e. The molecule has 2 aromatic rings. The third-order valence-corrected chi connectivity index (χ3v) is 7.06. The lowest BCUT2D eigenvalue weighted by molar-refractivity contribution is -0.327. The predicted octanol–water partition coefficient (Wildman–Crippen LogP) is 4.90. The molecule has 1 aromatic carbocycles. The first kappa shape index (κ1) is 24.5. The molecule has 0 aliphatic carbocycles. The van der Waals surface area contributed by atoms with Crippen molar-refractivity contribution in [2.45, 2.75) is 24.2 Å². The van der Waals surface area contributed by atoms with Crippen molar-refractivity contribution in [3.63, 3.8) is 0 Å². The fourth-order valence-corrected chi connectivity index (χ4v) is 5.18. The van der Waals surface area contributed by atoms with Crippen molar-refractivity contribution in [2.75, 3.05) is 9.62 Å². The molecule has 1 atom stereocenters. The monoisotopic (exact) mass is 509 g/mol. The summed E-state index contributed by atoms with van der Waals surface area (Å²) in [4.78, 5) is 4.25. The number of hydrogen-bond acceptors (Lipinski definition) is 6. The summed E-state index contributed by atoms with van der Waals surface area (Å²) in [6.07, 6.45) is -10.5. The zero-order valence-electron chi connectivity index (χ0n) is 16.4. The highest BCUT2D eigenvalue weighted by Gasteiger charge is 2.75. The lowest BCUT2D eigenvalue weighted by Gasteiger charge is -2.45. The minimum atomic E-state index is -5.90. The number of hydrogen-bond donors (Lipinski definition) is 2. The molecule has 1 aliphatic rings. The fourth-order valence-electron chi connectivity index (χ4n) is 3.39. The normalized spacial score (nSPS) is 19.1. The Labute approximate surface area is 187 Å². The van der Waals surface area contributed by atoms with Gasteiger partial charge in [-0.1, -0.05) is 0 Å². The minimum absolute atomic E-state index is 0.0863. The molecule has 176 valence electrons. The molecule has 7 nitrogen and oxygen atoms in total. The van der Waals surface area contributed by atoms with E-state index in [4.69, 9.17) is 5.41 Å². The van der Waals surface area contributed by atoms with E-state index in [1.807, 2.05) is 0 Å². The maximum absolute atomic E-state index is 13.6. The smallest absolute Gasteiger partial charge is 0.302 e. The number of halogens is 6. The van der Waals surface area contributed by atoms with Gasteiger partial charge in [-0.3, -0.25) is 10.1 Å². The van der Waals surface area contributed by atoms with Crippen LogP contribution in [0.1, 0.15) is 6.92 Å². The topological polar surface area (TPSA) is 110 Å². The van der Waals surface area contributed by atoms with Gasteiger partial charge >= 0.3 is 12.4 Å². The van der Waals surface area contributed by atoms with E-state index in [1.165, 1.54) is 11.6 Å². The summed E-state index contributed by atoms with van der Waals surface area (Å²) in [7, 11) is -4.07. The second-order valence-corrected chi connectivity index (χ2v) is 9.45. The summed E-state index contributed by atoms with van der Waals surface area (Å²) in [6.45, 7) is 0.934. The van der Waals surface area contributed by atoms with E-state index in [9.17, 15) is 40.0 Å². The molecule has 3 rings (SSSR count). The van der Waals surface area contributed by atoms with Crippen LogP contribution in [0.5, 0.6) is 0 Å². The molecular formula is C18H13F6N5O2S2. The molecule has 2 N–H and O–H groups in total. The second kappa shape index (κ2) is 8.03. The van der Waals surface area contributed by atoms with Crippen molar-refractivity contribution >= 4 is 38.0 Å². The summed E-state index contributed by atoms with van der Waals surface area (Å²) in [5, 5.41) is 18.8. The number of aromatic nitrogens is 1. The lowest BCUT2D eigenvalue weighted by atomic mass is 9.70. The quantitative estimate of drug-likeness (QED) is 0.570. The van der Waals surface area contributed by atoms with Crippen LogP contribution in [0.25, 0.3) is 0 Å². The van der Waals surface area contributed by atoms with Crippen LogP contribution in [0.2, 0.25) is 0 Å². The Hall–Kier alpha value is -3.12. The lowest BCUT2D eigenvalue weighted by Crippen LogP contribution is -2.60. The summed E-state index contributed by atoms with van der Waals surface area (Å²) >= 11 is 1.02. The number of alkyl halides is 6. The number of sulfonamides is 1. The fraction of sp³-hybridized carbons (Fsp3) is 0.278. The van der Waals surface area contributed by atoms with Crippen molar-refractivity contribution in [3.8, 4) is 6.07 Å². The van der Waals surface area contributed by atoms with Crippen LogP contribution in [0.15, 0.2) is 52.5 Å². The van der Waals surface area contributed by atoms with Gasteiger partial charge < -0.3 is 4.90 Å². The largest absolute Gasteiger partial charge is 0.408 e. The van der Waals surface area contributed by atoms with E-state index in [1.54, 1.807) is 0 Å². The molecule has 1 aliphatic heterocycles. The molecule has 2 heterocycles. The molecule has 0 amide bonds. The summed E-state index contributed by atoms with van der Waals surface area (Å²) in [6, 6.07) is 5.30. The summed E-state index contributed by atoms with van der Waals surface area (Å²) in [5.74, 6) is -4.17. The van der Waals surface area contributed by atoms with E-state index in [0.717, 1.165) is 53.5 Å². The molecule has 0 spiro atoms. The van der Waals surface area contributed by atoms with Crippen molar-refractivity contribution < 1.29 is 34.8 Å². The number of nitriles is 1. The SMILES string of the molecule is CC1=CC(C(F)(F)F)(C(F)(F)F)C(C#N)C(=N)N1c1ccc(S(=O)(=O)Nc2nccs2)cc1. The zero-order valence-corrected chi connectivity index (χ0v) is 18.0. The Balaban J connectivity index is 2.04. The van der Waals surface area contributed by atoms with Gasteiger partial charge in [0.15, 0.2) is 5.13 Å². The molecule has 1 unspecified atom stereocenters. The van der Waals surface area contributed by atoms with E-state index in [-0.39, 0.29) is 21.8 Å². The Morgan fingerprint density at radius 3 is 2.21 bits per heavy atom. The zero-order chi connectivity index (χ0) is 24.8. The highest BCUT2D eigenvalue weighted by molar-refractivity contribution is 7.93. The van der Waals surface area contributed by atoms with Crippen molar-refractivity contribution in [2.24, 2.45) is 11.3 Å². The molecule has 0 fully saturated rings. The standard InChI is InChI=1S/C18H13F6N5O2S2/c1-10-8-16(17(19,20)21,18(22,23)24)13(9-25)14(26)29(10)11-2-4-12(5-3-11)33(30,31)28-15-27-6-7-32-15/h2-8,13,26H,1H3,(H,27,28). The van der Waals surface area contributed by atoms with Crippen LogP contribution in [-0.2, 0) is 10.0 Å². The Bertz CT molecular complexity index is 1220. The third kappa shape index (κ3) is 4.04. The maximum atomic E-state index is 13.6. The molecule has 15 heteroatoms. The number of amidine groups is 1. The van der Waals surface area contributed by atoms with Gasteiger partial charge in [0.1, 0.15) is 11.8 Å². The summed E-state index contributed by atoms with van der Waals surface area (Å²) < 4.78 is 109. The van der Waals surface area contributed by atoms with Crippen LogP contribution in [-0.4, -0.2) is 31.6 Å². The van der Waals surface area contributed by atoms with E-state index < -0.39 is 45.2 Å². The van der Waals surface area contributed by atoms with Crippen LogP contribution in [0.3, 0.4) is 0 Å². The molecule has 0 saturated heterocycles. The third-order valence-electron chi connectivity index (χ3n) is 4.89. The number of benzene rings is 1. The summed E-state index contributed by atoms with van der Waals surface area (Å²) in [5.41, 5.74) is -5.26. The second-order valence-electron chi connectivity index (χ2n) is 6.87. The Morgan fingerprint density at radius 1 is 1.18 bits per heavy atom. The number of nitrogens with zero attached hydrogens (tertiary/aromatic N) is 3.